The van der Waals surface area contributed by atoms with Gasteiger partial charge in [-0.3, -0.25) is 19.4 Å². The van der Waals surface area contributed by atoms with Crippen molar-refractivity contribution in [3.05, 3.63) is 65.5 Å². The number of hydrogen-bond donors (Lipinski definition) is 4. The maximum absolute atomic E-state index is 12.7. The quantitative estimate of drug-likeness (QED) is 0.299. The molecule has 0 aliphatic rings. The van der Waals surface area contributed by atoms with E-state index in [1.54, 1.807) is 42.6 Å². The van der Waals surface area contributed by atoms with Gasteiger partial charge in [0.2, 0.25) is 5.78 Å². The number of rotatable bonds is 8. The molecule has 0 fully saturated rings. The molecule has 1 unspecified atom stereocenters. The number of hydrogen-bond acceptors (Lipinski definition) is 5. The van der Waals surface area contributed by atoms with Crippen molar-refractivity contribution in [2.24, 2.45) is 16.5 Å². The van der Waals surface area contributed by atoms with Crippen molar-refractivity contribution in [1.29, 1.82) is 0 Å². The highest BCUT2D eigenvalue weighted by Crippen LogP contribution is 2.12. The lowest BCUT2D eigenvalue weighted by molar-refractivity contribution is -0.138. The van der Waals surface area contributed by atoms with Gasteiger partial charge in [0.25, 0.3) is 11.8 Å². The number of carbonyl (C=O) groups is 3. The number of primary amides is 1. The van der Waals surface area contributed by atoms with E-state index < -0.39 is 23.6 Å². The van der Waals surface area contributed by atoms with Gasteiger partial charge in [-0.25, -0.2) is 0 Å². The Hall–Kier alpha value is -3.68. The fourth-order valence-electron chi connectivity index (χ4n) is 2.49. The van der Waals surface area contributed by atoms with E-state index in [0.717, 1.165) is 5.56 Å². The van der Waals surface area contributed by atoms with E-state index >= 15 is 0 Å². The second-order valence-electron chi connectivity index (χ2n) is 5.74. The minimum Gasteiger partial charge on any atom is -0.396 e. The lowest BCUT2D eigenvalue weighted by Gasteiger charge is -2.17. The smallest absolute Gasteiger partial charge is 0.287 e. The van der Waals surface area contributed by atoms with E-state index in [2.05, 4.69) is 15.3 Å². The van der Waals surface area contributed by atoms with Crippen LogP contribution in [0.15, 0.2) is 59.2 Å². The average Bonchev–Trinajstić information content (AvgIpc) is 3.20. The van der Waals surface area contributed by atoms with Crippen molar-refractivity contribution >= 4 is 29.5 Å². The Kier molecular flexibility index (Phi) is 6.65. The van der Waals surface area contributed by atoms with Crippen molar-refractivity contribution in [2.45, 2.75) is 12.5 Å². The normalized spacial score (nSPS) is 13.1. The van der Waals surface area contributed by atoms with Crippen LogP contribution in [0.25, 0.3) is 5.70 Å². The number of aromatic amines is 1. The molecule has 8 heteroatoms. The first-order valence-corrected chi connectivity index (χ1v) is 8.18. The number of carbonyl (C=O) groups excluding carboxylic acids is 3. The number of aromatic nitrogens is 1. The summed E-state index contributed by atoms with van der Waals surface area (Å²) in [6, 6.07) is 11.3. The Morgan fingerprint density at radius 1 is 1.15 bits per heavy atom. The Morgan fingerprint density at radius 2 is 1.85 bits per heavy atom. The Bertz CT molecular complexity index is 870. The average molecular weight is 367 g/mol. The number of nitrogens with one attached hydrogen (secondary N) is 2. The van der Waals surface area contributed by atoms with Crippen molar-refractivity contribution in [3.63, 3.8) is 0 Å². The predicted molar refractivity (Wildman–Crippen MR) is 103 cm³/mol. The number of H-pyrrole nitrogens is 1. The molecule has 140 valence electrons. The topological polar surface area (TPSA) is 143 Å². The molecule has 0 bridgehead atoms. The maximum atomic E-state index is 12.7. The number of benzene rings is 1. The van der Waals surface area contributed by atoms with Gasteiger partial charge in [0.1, 0.15) is 6.04 Å². The van der Waals surface area contributed by atoms with Gasteiger partial charge < -0.3 is 21.8 Å². The highest BCUT2D eigenvalue weighted by Gasteiger charge is 2.27. The second-order valence-corrected chi connectivity index (χ2v) is 5.74. The number of amides is 2. The van der Waals surface area contributed by atoms with Crippen LogP contribution >= 0.6 is 0 Å². The summed E-state index contributed by atoms with van der Waals surface area (Å²) in [7, 11) is 1.49. The SMILES string of the molecule is CN=C/C(C(=O)NC(Cc1ccccc1)C(=O)C(N)=O)=C(\N)c1ccc[nH]1. The van der Waals surface area contributed by atoms with Crippen LogP contribution in [0, 0.1) is 0 Å². The molecule has 27 heavy (non-hydrogen) atoms. The third-order valence-corrected chi connectivity index (χ3v) is 3.83. The van der Waals surface area contributed by atoms with Gasteiger partial charge in [0.15, 0.2) is 0 Å². The van der Waals surface area contributed by atoms with Crippen molar-refractivity contribution in [2.75, 3.05) is 7.05 Å². The summed E-state index contributed by atoms with van der Waals surface area (Å²) in [4.78, 5) is 43.1. The standard InChI is InChI=1S/C19H21N5O3/c1-22-11-13(16(20)14-8-5-9-23-14)19(27)24-15(17(25)18(21)26)10-12-6-3-2-4-7-12/h2-9,11,15,23H,10,20H2,1H3,(H2,21,26)(H,24,27)/b16-13+,22-11?. The molecule has 0 aliphatic carbocycles. The number of ketones is 1. The number of aliphatic imine (C=N–C) groups is 1. The van der Waals surface area contributed by atoms with Gasteiger partial charge in [-0.15, -0.1) is 0 Å². The first kappa shape index (κ1) is 19.6. The van der Waals surface area contributed by atoms with Crippen LogP contribution in [0.2, 0.25) is 0 Å². The summed E-state index contributed by atoms with van der Waals surface area (Å²) in [6.07, 6.45) is 3.07. The largest absolute Gasteiger partial charge is 0.396 e. The molecule has 1 heterocycles. The van der Waals surface area contributed by atoms with E-state index in [1.807, 2.05) is 6.07 Å². The third kappa shape index (κ3) is 5.15. The molecule has 0 radical (unpaired) electrons. The lowest BCUT2D eigenvalue weighted by atomic mass is 10.0. The second kappa shape index (κ2) is 9.14. The van der Waals surface area contributed by atoms with E-state index in [4.69, 9.17) is 11.5 Å². The molecule has 1 aromatic heterocycles. The third-order valence-electron chi connectivity index (χ3n) is 3.83. The van der Waals surface area contributed by atoms with Crippen molar-refractivity contribution in [1.82, 2.24) is 10.3 Å². The highest BCUT2D eigenvalue weighted by molar-refractivity contribution is 6.38. The van der Waals surface area contributed by atoms with Crippen molar-refractivity contribution < 1.29 is 14.4 Å². The Balaban J connectivity index is 2.31. The zero-order chi connectivity index (χ0) is 19.8. The molecule has 0 saturated heterocycles. The molecule has 2 amide bonds. The first-order valence-electron chi connectivity index (χ1n) is 8.18. The summed E-state index contributed by atoms with van der Waals surface area (Å²) in [5.74, 6) is -2.65. The van der Waals surface area contributed by atoms with E-state index in [-0.39, 0.29) is 17.7 Å². The minimum absolute atomic E-state index is 0.0651. The zero-order valence-electron chi connectivity index (χ0n) is 14.8. The molecule has 0 saturated carbocycles. The fraction of sp³-hybridized carbons (Fsp3) is 0.158. The molecule has 1 atom stereocenters. The fourth-order valence-corrected chi connectivity index (χ4v) is 2.49. The zero-order valence-corrected chi connectivity index (χ0v) is 14.8. The van der Waals surface area contributed by atoms with Crippen LogP contribution in [0.3, 0.4) is 0 Å². The molecule has 1 aromatic carbocycles. The van der Waals surface area contributed by atoms with Gasteiger partial charge in [0, 0.05) is 25.9 Å². The lowest BCUT2D eigenvalue weighted by Crippen LogP contribution is -2.48. The Morgan fingerprint density at radius 3 is 2.41 bits per heavy atom. The van der Waals surface area contributed by atoms with Crippen LogP contribution in [0.1, 0.15) is 11.3 Å². The summed E-state index contributed by atoms with van der Waals surface area (Å²) >= 11 is 0. The van der Waals surface area contributed by atoms with Gasteiger partial charge in [-0.2, -0.15) is 0 Å². The molecular weight excluding hydrogens is 346 g/mol. The maximum Gasteiger partial charge on any atom is 0.287 e. The summed E-state index contributed by atoms with van der Waals surface area (Å²) in [6.45, 7) is 0. The first-order chi connectivity index (χ1) is 12.9. The summed E-state index contributed by atoms with van der Waals surface area (Å²) < 4.78 is 0. The van der Waals surface area contributed by atoms with E-state index in [1.165, 1.54) is 13.3 Å². The molecule has 2 rings (SSSR count). The number of nitrogens with two attached hydrogens (primary N) is 2. The monoisotopic (exact) mass is 367 g/mol. The van der Waals surface area contributed by atoms with Crippen molar-refractivity contribution in [3.8, 4) is 0 Å². The Labute approximate surface area is 156 Å². The molecule has 2 aromatic rings. The van der Waals surface area contributed by atoms with Crippen LogP contribution < -0.4 is 16.8 Å². The molecule has 0 aliphatic heterocycles. The molecule has 6 N–H and O–H groups in total. The summed E-state index contributed by atoms with van der Waals surface area (Å²) in [5, 5.41) is 2.54. The van der Waals surface area contributed by atoms with Gasteiger partial charge in [0.05, 0.1) is 17.0 Å². The molecular formula is C19H21N5O3. The number of Topliss-reactive ketones (excluding diaryl/α,β-unsaturated/α-hetero) is 1. The predicted octanol–water partition coefficient (Wildman–Crippen LogP) is 0.167. The van der Waals surface area contributed by atoms with Crippen LogP contribution in [-0.4, -0.2) is 41.9 Å². The van der Waals surface area contributed by atoms with Crippen LogP contribution in [-0.2, 0) is 20.8 Å². The highest BCUT2D eigenvalue weighted by atomic mass is 16.2. The molecule has 8 nitrogen and oxygen atoms in total. The summed E-state index contributed by atoms with van der Waals surface area (Å²) in [5.41, 5.74) is 12.7. The van der Waals surface area contributed by atoms with Crippen LogP contribution in [0.5, 0.6) is 0 Å². The van der Waals surface area contributed by atoms with E-state index in [0.29, 0.717) is 5.69 Å². The van der Waals surface area contributed by atoms with E-state index in [9.17, 15) is 14.4 Å². The number of nitrogens with zero attached hydrogens (tertiary/aromatic N) is 1. The van der Waals surface area contributed by atoms with Gasteiger partial charge in [-0.05, 0) is 17.7 Å². The molecule has 0 spiro atoms. The van der Waals surface area contributed by atoms with Crippen LogP contribution in [0.4, 0.5) is 0 Å². The van der Waals surface area contributed by atoms with Gasteiger partial charge in [-0.1, -0.05) is 30.3 Å². The van der Waals surface area contributed by atoms with Gasteiger partial charge >= 0.3 is 0 Å². The minimum atomic E-state index is -1.12.